The van der Waals surface area contributed by atoms with Crippen LogP contribution < -0.4 is 10.1 Å². The molecule has 1 amide bonds. The van der Waals surface area contributed by atoms with E-state index in [1.165, 1.54) is 23.9 Å². The molecule has 0 atom stereocenters. The molecule has 0 spiro atoms. The van der Waals surface area contributed by atoms with Gasteiger partial charge in [0.05, 0.1) is 20.8 Å². The molecule has 8 nitrogen and oxygen atoms in total. The van der Waals surface area contributed by atoms with Crippen molar-refractivity contribution in [1.82, 2.24) is 19.9 Å². The predicted molar refractivity (Wildman–Crippen MR) is 163 cm³/mol. The van der Waals surface area contributed by atoms with Crippen molar-refractivity contribution in [2.45, 2.75) is 62.6 Å². The van der Waals surface area contributed by atoms with Gasteiger partial charge in [0, 0.05) is 16.5 Å². The number of amides is 1. The molecular formula is C29H30ClF2N5O3S2. The van der Waals surface area contributed by atoms with Gasteiger partial charge in [-0.1, -0.05) is 22.9 Å². The summed E-state index contributed by atoms with van der Waals surface area (Å²) in [7, 11) is 0. The number of anilines is 1. The maximum atomic E-state index is 16.4. The molecular weight excluding hydrogens is 604 g/mol. The van der Waals surface area contributed by atoms with Crippen LogP contribution in [0, 0.1) is 11.6 Å². The molecule has 2 aliphatic heterocycles. The van der Waals surface area contributed by atoms with Crippen LogP contribution >= 0.6 is 34.7 Å². The summed E-state index contributed by atoms with van der Waals surface area (Å²) < 4.78 is 42.9. The average Bonchev–Trinajstić information content (AvgIpc) is 3.62. The van der Waals surface area contributed by atoms with Gasteiger partial charge in [-0.05, 0) is 84.0 Å². The zero-order chi connectivity index (χ0) is 29.8. The van der Waals surface area contributed by atoms with Crippen molar-refractivity contribution in [3.05, 3.63) is 34.9 Å². The number of thiazole rings is 1. The quantitative estimate of drug-likeness (QED) is 0.169. The molecule has 0 unspecified atom stereocenters. The third kappa shape index (κ3) is 5.38. The molecule has 2 aromatic carbocycles. The van der Waals surface area contributed by atoms with E-state index >= 15 is 4.39 Å². The highest BCUT2D eigenvalue weighted by molar-refractivity contribution is 7.98. The minimum atomic E-state index is -0.731. The predicted octanol–water partition coefficient (Wildman–Crippen LogP) is 7.91. The molecule has 4 heterocycles. The Morgan fingerprint density at radius 2 is 1.90 bits per heavy atom. The van der Waals surface area contributed by atoms with Crippen molar-refractivity contribution in [2.24, 2.45) is 0 Å². The summed E-state index contributed by atoms with van der Waals surface area (Å²) in [6.45, 7) is 7.76. The molecule has 0 bridgehead atoms. The number of rotatable bonds is 6. The molecule has 2 aliphatic rings. The first-order valence-corrected chi connectivity index (χ1v) is 16.1. The van der Waals surface area contributed by atoms with Gasteiger partial charge in [-0.2, -0.15) is 9.97 Å². The van der Waals surface area contributed by atoms with Gasteiger partial charge in [0.15, 0.2) is 10.9 Å². The fourth-order valence-electron chi connectivity index (χ4n) is 5.90. The topological polar surface area (TPSA) is 89.5 Å². The molecule has 222 valence electrons. The number of nitrogens with one attached hydrogen (secondary N) is 1. The van der Waals surface area contributed by atoms with Crippen LogP contribution in [0.4, 0.5) is 18.7 Å². The van der Waals surface area contributed by atoms with Crippen molar-refractivity contribution < 1.29 is 23.0 Å². The molecule has 2 aromatic heterocycles. The lowest BCUT2D eigenvalue weighted by molar-refractivity contribution is 0.0636. The highest BCUT2D eigenvalue weighted by Gasteiger charge is 2.45. The molecule has 13 heteroatoms. The summed E-state index contributed by atoms with van der Waals surface area (Å²) in [6.07, 6.45) is 5.49. The number of hydrogen-bond donors (Lipinski definition) is 1. The summed E-state index contributed by atoms with van der Waals surface area (Å²) >= 11 is 8.94. The maximum Gasteiger partial charge on any atom is 0.413 e. The molecule has 0 aliphatic carbocycles. The Hall–Kier alpha value is -2.80. The molecule has 4 aromatic rings. The van der Waals surface area contributed by atoms with E-state index in [0.29, 0.717) is 17.0 Å². The van der Waals surface area contributed by atoms with Crippen LogP contribution in [0.2, 0.25) is 5.02 Å². The van der Waals surface area contributed by atoms with Crippen LogP contribution in [-0.2, 0) is 4.74 Å². The van der Waals surface area contributed by atoms with Gasteiger partial charge in [-0.15, -0.1) is 11.8 Å². The number of carbonyl (C=O) groups excluding carboxylic acids is 1. The van der Waals surface area contributed by atoms with Crippen molar-refractivity contribution in [1.29, 1.82) is 0 Å². The second kappa shape index (κ2) is 11.0. The SMILES string of the molecule is CSc1nc(OCC23CCCN2CCC3)nc2c(F)c(-c3ccc(F)c4sc(NC(=O)OC(C)(C)C)nc34)c(Cl)cc12. The number of thioether (sulfide) groups is 1. The minimum Gasteiger partial charge on any atom is -0.461 e. The smallest absolute Gasteiger partial charge is 0.413 e. The van der Waals surface area contributed by atoms with E-state index in [4.69, 9.17) is 21.1 Å². The first-order valence-electron chi connectivity index (χ1n) is 13.7. The number of aromatic nitrogens is 3. The van der Waals surface area contributed by atoms with Gasteiger partial charge in [0.25, 0.3) is 0 Å². The molecule has 2 saturated heterocycles. The highest BCUT2D eigenvalue weighted by Crippen LogP contribution is 2.43. The largest absolute Gasteiger partial charge is 0.461 e. The highest BCUT2D eigenvalue weighted by atomic mass is 35.5. The van der Waals surface area contributed by atoms with Crippen LogP contribution in [0.3, 0.4) is 0 Å². The summed E-state index contributed by atoms with van der Waals surface area (Å²) in [5, 5.41) is 3.73. The molecule has 0 radical (unpaired) electrons. The van der Waals surface area contributed by atoms with E-state index in [1.54, 1.807) is 26.8 Å². The number of fused-ring (bicyclic) bond motifs is 3. The molecule has 0 saturated carbocycles. The monoisotopic (exact) mass is 633 g/mol. The Bertz CT molecular complexity index is 1700. The Balaban J connectivity index is 1.40. The lowest BCUT2D eigenvalue weighted by Gasteiger charge is -2.31. The van der Waals surface area contributed by atoms with Crippen LogP contribution in [0.5, 0.6) is 6.01 Å². The fraction of sp³-hybridized carbons (Fsp3) is 0.448. The maximum absolute atomic E-state index is 16.4. The van der Waals surface area contributed by atoms with E-state index in [9.17, 15) is 9.18 Å². The number of carbonyl (C=O) groups is 1. The van der Waals surface area contributed by atoms with Gasteiger partial charge in [-0.25, -0.2) is 18.6 Å². The number of nitrogens with zero attached hydrogens (tertiary/aromatic N) is 4. The summed E-state index contributed by atoms with van der Waals surface area (Å²) in [5.41, 5.74) is -0.249. The van der Waals surface area contributed by atoms with Gasteiger partial charge in [0.2, 0.25) is 0 Å². The fourth-order valence-corrected chi connectivity index (χ4v) is 7.62. The zero-order valence-electron chi connectivity index (χ0n) is 23.6. The summed E-state index contributed by atoms with van der Waals surface area (Å²) in [5.74, 6) is -1.25. The Labute approximate surface area is 255 Å². The van der Waals surface area contributed by atoms with Crippen LogP contribution in [0.25, 0.3) is 32.2 Å². The first kappa shape index (κ1) is 29.3. The van der Waals surface area contributed by atoms with Gasteiger partial charge >= 0.3 is 12.1 Å². The van der Waals surface area contributed by atoms with Crippen molar-refractivity contribution >= 4 is 67.0 Å². The third-order valence-electron chi connectivity index (χ3n) is 7.67. The van der Waals surface area contributed by atoms with Crippen LogP contribution in [0.1, 0.15) is 46.5 Å². The number of hydrogen-bond acceptors (Lipinski definition) is 9. The van der Waals surface area contributed by atoms with Gasteiger partial charge in [-0.3, -0.25) is 10.2 Å². The third-order valence-corrected chi connectivity index (χ3v) is 9.65. The van der Waals surface area contributed by atoms with Crippen LogP contribution in [-0.4, -0.2) is 63.0 Å². The Morgan fingerprint density at radius 3 is 2.60 bits per heavy atom. The number of halogens is 3. The minimum absolute atomic E-state index is 0.0169. The molecule has 2 fully saturated rings. The van der Waals surface area contributed by atoms with Crippen molar-refractivity contribution in [3.63, 3.8) is 0 Å². The van der Waals surface area contributed by atoms with Crippen molar-refractivity contribution in [3.8, 4) is 17.1 Å². The number of benzene rings is 2. The normalized spacial score (nSPS) is 16.7. The molecule has 6 rings (SSSR count). The second-order valence-corrected chi connectivity index (χ2v) is 13.8. The Morgan fingerprint density at radius 1 is 1.17 bits per heavy atom. The molecule has 1 N–H and O–H groups in total. The molecule has 42 heavy (non-hydrogen) atoms. The standard InChI is InChI=1S/C29H30ClF2N5O3S2/c1-28(2,3)40-27(38)36-26-34-22-15(7-8-18(31)23(22)42-26)19-17(30)13-16-21(20(19)32)33-25(35-24(16)41-4)39-14-29-9-5-11-37(29)12-6-10-29/h7-8,13H,5-6,9-12,14H2,1-4H3,(H,34,36,38). The van der Waals surface area contributed by atoms with E-state index < -0.39 is 23.3 Å². The number of ether oxygens (including phenoxy) is 2. The lowest BCUT2D eigenvalue weighted by Crippen LogP contribution is -2.43. The zero-order valence-corrected chi connectivity index (χ0v) is 26.0. The van der Waals surface area contributed by atoms with Gasteiger partial charge < -0.3 is 9.47 Å². The van der Waals surface area contributed by atoms with E-state index in [0.717, 1.165) is 50.1 Å². The lowest BCUT2D eigenvalue weighted by atomic mass is 9.95. The second-order valence-electron chi connectivity index (χ2n) is 11.6. The van der Waals surface area contributed by atoms with Crippen molar-refractivity contribution in [2.75, 3.05) is 31.3 Å². The summed E-state index contributed by atoms with van der Waals surface area (Å²) in [6, 6.07) is 4.37. The van der Waals surface area contributed by atoms with Gasteiger partial charge in [0.1, 0.15) is 28.6 Å². The van der Waals surface area contributed by atoms with Crippen LogP contribution in [0.15, 0.2) is 23.2 Å². The van der Waals surface area contributed by atoms with E-state index in [-0.39, 0.29) is 48.6 Å². The summed E-state index contributed by atoms with van der Waals surface area (Å²) in [4.78, 5) is 28.3. The first-order chi connectivity index (χ1) is 20.0. The van der Waals surface area contributed by atoms with E-state index in [2.05, 4.69) is 25.2 Å². The Kier molecular flexibility index (Phi) is 7.70. The average molecular weight is 634 g/mol. The van der Waals surface area contributed by atoms with E-state index in [1.807, 2.05) is 6.26 Å².